The van der Waals surface area contributed by atoms with Crippen LogP contribution in [0, 0.1) is 0 Å². The summed E-state index contributed by atoms with van der Waals surface area (Å²) in [6, 6.07) is 8.04. The number of nitrogens with zero attached hydrogens (tertiary/aromatic N) is 2. The minimum Gasteiger partial charge on any atom is -0.484 e. The number of rotatable bonds is 6. The Balaban J connectivity index is 1.49. The Morgan fingerprint density at radius 2 is 2.07 bits per heavy atom. The summed E-state index contributed by atoms with van der Waals surface area (Å²) < 4.78 is 42.8. The van der Waals surface area contributed by atoms with Gasteiger partial charge < -0.3 is 15.4 Å². The van der Waals surface area contributed by atoms with Gasteiger partial charge in [0, 0.05) is 19.3 Å². The van der Waals surface area contributed by atoms with Crippen LogP contribution in [0.4, 0.5) is 13.2 Å². The maximum absolute atomic E-state index is 12.2. The van der Waals surface area contributed by atoms with Gasteiger partial charge in [0.1, 0.15) is 11.4 Å². The van der Waals surface area contributed by atoms with E-state index in [1.54, 1.807) is 24.4 Å². The third-order valence-corrected chi connectivity index (χ3v) is 4.26. The molecule has 146 valence electrons. The molecular formula is C18H21F3N4O2. The summed E-state index contributed by atoms with van der Waals surface area (Å²) in [4.78, 5) is 12.2. The van der Waals surface area contributed by atoms with Crippen molar-refractivity contribution in [2.45, 2.75) is 31.6 Å². The average molecular weight is 382 g/mol. The Morgan fingerprint density at radius 3 is 2.74 bits per heavy atom. The van der Waals surface area contributed by atoms with E-state index in [0.717, 1.165) is 31.5 Å². The molecule has 6 nitrogen and oxygen atoms in total. The Morgan fingerprint density at radius 1 is 1.30 bits per heavy atom. The number of halogens is 3. The van der Waals surface area contributed by atoms with Crippen LogP contribution in [-0.4, -0.2) is 41.6 Å². The molecule has 1 saturated heterocycles. The summed E-state index contributed by atoms with van der Waals surface area (Å²) in [7, 11) is 0. The zero-order valence-electron chi connectivity index (χ0n) is 14.6. The van der Waals surface area contributed by atoms with E-state index in [9.17, 15) is 18.0 Å². The molecule has 0 bridgehead atoms. The van der Waals surface area contributed by atoms with Gasteiger partial charge in [0.15, 0.2) is 6.61 Å². The SMILES string of the molecule is O=C(NCc1ccc(OCC(F)(F)F)cc1)c1ccn(C2CCCNC2)n1. The predicted molar refractivity (Wildman–Crippen MR) is 92.5 cm³/mol. The zero-order chi connectivity index (χ0) is 19.3. The number of nitrogens with one attached hydrogen (secondary N) is 2. The Labute approximate surface area is 154 Å². The van der Waals surface area contributed by atoms with E-state index in [1.165, 1.54) is 12.1 Å². The monoisotopic (exact) mass is 382 g/mol. The van der Waals surface area contributed by atoms with E-state index in [1.807, 2.05) is 4.68 Å². The van der Waals surface area contributed by atoms with Crippen LogP contribution in [-0.2, 0) is 6.54 Å². The molecule has 1 aliphatic heterocycles. The van der Waals surface area contributed by atoms with Gasteiger partial charge in [-0.25, -0.2) is 0 Å². The molecule has 1 atom stereocenters. The summed E-state index contributed by atoms with van der Waals surface area (Å²) in [6.45, 7) is 0.759. The van der Waals surface area contributed by atoms with Gasteiger partial charge >= 0.3 is 6.18 Å². The molecule has 1 aliphatic rings. The highest BCUT2D eigenvalue weighted by Gasteiger charge is 2.28. The molecule has 1 fully saturated rings. The van der Waals surface area contributed by atoms with Crippen LogP contribution in [0.3, 0.4) is 0 Å². The number of alkyl halides is 3. The minimum absolute atomic E-state index is 0.127. The molecule has 1 amide bonds. The topological polar surface area (TPSA) is 68.2 Å². The molecule has 1 unspecified atom stereocenters. The number of benzene rings is 1. The highest BCUT2D eigenvalue weighted by molar-refractivity contribution is 5.92. The quantitative estimate of drug-likeness (QED) is 0.806. The van der Waals surface area contributed by atoms with Crippen LogP contribution in [0.1, 0.15) is 34.9 Å². The second-order valence-electron chi connectivity index (χ2n) is 6.41. The molecule has 3 rings (SSSR count). The van der Waals surface area contributed by atoms with Crippen molar-refractivity contribution in [1.82, 2.24) is 20.4 Å². The first kappa shape index (κ1) is 19.2. The maximum atomic E-state index is 12.2. The van der Waals surface area contributed by atoms with E-state index in [0.29, 0.717) is 5.69 Å². The van der Waals surface area contributed by atoms with Gasteiger partial charge in [-0.2, -0.15) is 18.3 Å². The molecule has 0 spiro atoms. The van der Waals surface area contributed by atoms with Crippen LogP contribution in [0.25, 0.3) is 0 Å². The third kappa shape index (κ3) is 5.72. The standard InChI is InChI=1S/C18H21F3N4O2/c19-18(20,21)12-27-15-5-3-13(4-6-15)10-23-17(26)16-7-9-25(24-16)14-2-1-8-22-11-14/h3-7,9,14,22H,1-2,8,10-12H2,(H,23,26). The van der Waals surface area contributed by atoms with Crippen molar-refractivity contribution in [3.8, 4) is 5.75 Å². The van der Waals surface area contributed by atoms with Crippen molar-refractivity contribution in [2.75, 3.05) is 19.7 Å². The molecule has 2 heterocycles. The fourth-order valence-electron chi connectivity index (χ4n) is 2.86. The second kappa shape index (κ2) is 8.43. The molecule has 0 radical (unpaired) electrons. The lowest BCUT2D eigenvalue weighted by molar-refractivity contribution is -0.153. The number of hydrogen-bond acceptors (Lipinski definition) is 4. The Hall–Kier alpha value is -2.55. The highest BCUT2D eigenvalue weighted by atomic mass is 19.4. The largest absolute Gasteiger partial charge is 0.484 e. The zero-order valence-corrected chi connectivity index (χ0v) is 14.6. The molecule has 2 aromatic rings. The van der Waals surface area contributed by atoms with Crippen LogP contribution < -0.4 is 15.4 Å². The van der Waals surface area contributed by atoms with E-state index >= 15 is 0 Å². The highest BCUT2D eigenvalue weighted by Crippen LogP contribution is 2.19. The van der Waals surface area contributed by atoms with E-state index < -0.39 is 12.8 Å². The molecule has 27 heavy (non-hydrogen) atoms. The van der Waals surface area contributed by atoms with Gasteiger partial charge in [0.05, 0.1) is 6.04 Å². The molecular weight excluding hydrogens is 361 g/mol. The van der Waals surface area contributed by atoms with Crippen LogP contribution in [0.2, 0.25) is 0 Å². The second-order valence-corrected chi connectivity index (χ2v) is 6.41. The van der Waals surface area contributed by atoms with Crippen molar-refractivity contribution < 1.29 is 22.7 Å². The lowest BCUT2D eigenvalue weighted by Crippen LogP contribution is -2.32. The number of piperidine rings is 1. The van der Waals surface area contributed by atoms with Gasteiger partial charge in [0.25, 0.3) is 5.91 Å². The van der Waals surface area contributed by atoms with Crippen LogP contribution >= 0.6 is 0 Å². The number of carbonyl (C=O) groups is 1. The first-order valence-corrected chi connectivity index (χ1v) is 8.73. The molecule has 0 aliphatic carbocycles. The molecule has 1 aromatic carbocycles. The number of carbonyl (C=O) groups excluding carboxylic acids is 1. The molecule has 9 heteroatoms. The summed E-state index contributed by atoms with van der Waals surface area (Å²) >= 11 is 0. The van der Waals surface area contributed by atoms with Crippen molar-refractivity contribution in [2.24, 2.45) is 0 Å². The lowest BCUT2D eigenvalue weighted by Gasteiger charge is -2.22. The fourth-order valence-corrected chi connectivity index (χ4v) is 2.86. The van der Waals surface area contributed by atoms with Gasteiger partial charge in [-0.3, -0.25) is 9.48 Å². The first-order chi connectivity index (χ1) is 12.9. The van der Waals surface area contributed by atoms with E-state index in [-0.39, 0.29) is 24.2 Å². The number of amides is 1. The first-order valence-electron chi connectivity index (χ1n) is 8.73. The Bertz CT molecular complexity index is 753. The molecule has 1 aromatic heterocycles. The smallest absolute Gasteiger partial charge is 0.422 e. The van der Waals surface area contributed by atoms with Gasteiger partial charge in [0.2, 0.25) is 0 Å². The number of aromatic nitrogens is 2. The van der Waals surface area contributed by atoms with Crippen molar-refractivity contribution in [3.05, 3.63) is 47.8 Å². The lowest BCUT2D eigenvalue weighted by atomic mass is 10.1. The summed E-state index contributed by atoms with van der Waals surface area (Å²) in [5, 5.41) is 10.4. The summed E-state index contributed by atoms with van der Waals surface area (Å²) in [5.74, 6) is -0.169. The molecule has 0 saturated carbocycles. The van der Waals surface area contributed by atoms with E-state index in [4.69, 9.17) is 0 Å². The third-order valence-electron chi connectivity index (χ3n) is 4.26. The fraction of sp³-hybridized carbons (Fsp3) is 0.444. The molecule has 2 N–H and O–H groups in total. The van der Waals surface area contributed by atoms with E-state index in [2.05, 4.69) is 20.5 Å². The van der Waals surface area contributed by atoms with Gasteiger partial charge in [-0.15, -0.1) is 0 Å². The van der Waals surface area contributed by atoms with Crippen molar-refractivity contribution in [3.63, 3.8) is 0 Å². The maximum Gasteiger partial charge on any atom is 0.422 e. The summed E-state index contributed by atoms with van der Waals surface area (Å²) in [5.41, 5.74) is 1.09. The van der Waals surface area contributed by atoms with Gasteiger partial charge in [-0.1, -0.05) is 12.1 Å². The average Bonchev–Trinajstić information content (AvgIpc) is 3.16. The van der Waals surface area contributed by atoms with Crippen LogP contribution in [0.15, 0.2) is 36.5 Å². The number of ether oxygens (including phenoxy) is 1. The normalized spacial score (nSPS) is 17.5. The van der Waals surface area contributed by atoms with Crippen molar-refractivity contribution >= 4 is 5.91 Å². The number of hydrogen-bond donors (Lipinski definition) is 2. The van der Waals surface area contributed by atoms with Crippen molar-refractivity contribution in [1.29, 1.82) is 0 Å². The van der Waals surface area contributed by atoms with Crippen LogP contribution in [0.5, 0.6) is 5.75 Å². The Kier molecular flexibility index (Phi) is 6.00. The predicted octanol–water partition coefficient (Wildman–Crippen LogP) is 2.68. The minimum atomic E-state index is -4.37. The summed E-state index contributed by atoms with van der Waals surface area (Å²) in [6.07, 6.45) is -0.462. The van der Waals surface area contributed by atoms with Gasteiger partial charge in [-0.05, 0) is 43.1 Å².